The Kier molecular flexibility index (Phi) is 4.67. The molecule has 31 heavy (non-hydrogen) atoms. The first kappa shape index (κ1) is 19.2. The number of para-hydroxylation sites is 2. The highest BCUT2D eigenvalue weighted by Crippen LogP contribution is 2.50. The Labute approximate surface area is 184 Å². The standard InChI is InChI=1S/C26H31N3O2/c1-2-28-23-10-4-9-20-21-16-27(14-11-22(21)29(25(20)23)17-24(28)30)13-5-8-18-6-3-7-19-12-15-31-26(18)19/h3-4,6-7,9-10,21-22H,2,5,8,11-17H2,1H3/t21-,22-/m0/s1. The van der Waals surface area contributed by atoms with Gasteiger partial charge in [-0.1, -0.05) is 30.3 Å². The number of piperidine rings is 1. The molecule has 0 N–H and O–H groups in total. The molecule has 5 nitrogen and oxygen atoms in total. The van der Waals surface area contributed by atoms with Gasteiger partial charge in [0.15, 0.2) is 0 Å². The molecule has 4 aliphatic rings. The number of aryl methyl sites for hydroxylation is 1. The zero-order valence-electron chi connectivity index (χ0n) is 18.3. The summed E-state index contributed by atoms with van der Waals surface area (Å²) in [6.07, 6.45) is 4.44. The van der Waals surface area contributed by atoms with Crippen LogP contribution in [0.3, 0.4) is 0 Å². The van der Waals surface area contributed by atoms with Gasteiger partial charge in [0.2, 0.25) is 5.91 Å². The van der Waals surface area contributed by atoms with E-state index in [1.807, 2.05) is 4.90 Å². The summed E-state index contributed by atoms with van der Waals surface area (Å²) < 4.78 is 5.89. The van der Waals surface area contributed by atoms with Gasteiger partial charge in [0.05, 0.1) is 24.5 Å². The number of hydrogen-bond donors (Lipinski definition) is 0. The minimum Gasteiger partial charge on any atom is -0.493 e. The Balaban J connectivity index is 1.16. The first-order chi connectivity index (χ1) is 15.2. The number of likely N-dealkylation sites (N-methyl/N-ethyl adjacent to an activating group) is 1. The van der Waals surface area contributed by atoms with E-state index in [1.165, 1.54) is 22.4 Å². The molecule has 0 aromatic heterocycles. The van der Waals surface area contributed by atoms with E-state index >= 15 is 0 Å². The van der Waals surface area contributed by atoms with E-state index in [9.17, 15) is 4.79 Å². The van der Waals surface area contributed by atoms with Crippen molar-refractivity contribution in [2.45, 2.75) is 44.6 Å². The predicted molar refractivity (Wildman–Crippen MR) is 123 cm³/mol. The maximum atomic E-state index is 12.7. The Hall–Kier alpha value is -2.53. The van der Waals surface area contributed by atoms with E-state index in [-0.39, 0.29) is 5.91 Å². The van der Waals surface area contributed by atoms with Crippen LogP contribution in [0.4, 0.5) is 11.4 Å². The van der Waals surface area contributed by atoms with E-state index < -0.39 is 0 Å². The first-order valence-electron chi connectivity index (χ1n) is 11.9. The molecule has 1 amide bonds. The van der Waals surface area contributed by atoms with Crippen molar-refractivity contribution in [3.05, 3.63) is 53.1 Å². The molecule has 0 radical (unpaired) electrons. The molecular weight excluding hydrogens is 386 g/mol. The minimum atomic E-state index is 0.243. The smallest absolute Gasteiger partial charge is 0.246 e. The van der Waals surface area contributed by atoms with Crippen LogP contribution >= 0.6 is 0 Å². The first-order valence-corrected chi connectivity index (χ1v) is 11.9. The Morgan fingerprint density at radius 3 is 2.97 bits per heavy atom. The summed E-state index contributed by atoms with van der Waals surface area (Å²) in [7, 11) is 0. The molecule has 162 valence electrons. The quantitative estimate of drug-likeness (QED) is 0.745. The van der Waals surface area contributed by atoms with Gasteiger partial charge in [0.25, 0.3) is 0 Å². The van der Waals surface area contributed by atoms with Gasteiger partial charge in [0, 0.05) is 38.0 Å². The summed E-state index contributed by atoms with van der Waals surface area (Å²) in [5, 5.41) is 0. The summed E-state index contributed by atoms with van der Waals surface area (Å²) >= 11 is 0. The molecule has 0 aliphatic carbocycles. The van der Waals surface area contributed by atoms with Crippen LogP contribution in [0.1, 0.15) is 42.4 Å². The number of rotatable bonds is 5. The average Bonchev–Trinajstić information content (AvgIpc) is 3.39. The second-order valence-electron chi connectivity index (χ2n) is 9.35. The fraction of sp³-hybridized carbons (Fsp3) is 0.500. The van der Waals surface area contributed by atoms with Crippen LogP contribution in [0.5, 0.6) is 5.75 Å². The third kappa shape index (κ3) is 3.05. The fourth-order valence-electron chi connectivity index (χ4n) is 6.32. The molecule has 4 heterocycles. The third-order valence-electron chi connectivity index (χ3n) is 7.72. The van der Waals surface area contributed by atoms with Gasteiger partial charge < -0.3 is 19.4 Å². The molecule has 4 aliphatic heterocycles. The van der Waals surface area contributed by atoms with Gasteiger partial charge >= 0.3 is 0 Å². The lowest BCUT2D eigenvalue weighted by molar-refractivity contribution is -0.117. The number of amides is 1. The van der Waals surface area contributed by atoms with E-state index in [0.29, 0.717) is 18.5 Å². The largest absolute Gasteiger partial charge is 0.493 e. The van der Waals surface area contributed by atoms with Crippen molar-refractivity contribution in [3.8, 4) is 5.75 Å². The number of nitrogens with zero attached hydrogens (tertiary/aromatic N) is 3. The highest BCUT2D eigenvalue weighted by molar-refractivity contribution is 6.04. The van der Waals surface area contributed by atoms with Crippen molar-refractivity contribution < 1.29 is 9.53 Å². The van der Waals surface area contributed by atoms with E-state index in [2.05, 4.69) is 53.1 Å². The SMILES string of the molecule is CCN1C(=O)CN2c3c(cccc31)[C@@H]1CN(CCCc3cccc4c3OCC4)CC[C@@H]12. The van der Waals surface area contributed by atoms with E-state index in [0.717, 1.165) is 69.9 Å². The normalized spacial score (nSPS) is 24.1. The Morgan fingerprint density at radius 2 is 2.06 bits per heavy atom. The lowest BCUT2D eigenvalue weighted by atomic mass is 9.89. The average molecular weight is 418 g/mol. The van der Waals surface area contributed by atoms with E-state index in [1.54, 1.807) is 0 Å². The zero-order valence-corrected chi connectivity index (χ0v) is 18.3. The Bertz CT molecular complexity index is 1020. The number of likely N-dealkylation sites (tertiary alicyclic amines) is 1. The maximum absolute atomic E-state index is 12.7. The number of anilines is 2. The van der Waals surface area contributed by atoms with Crippen LogP contribution in [0.25, 0.3) is 0 Å². The van der Waals surface area contributed by atoms with Gasteiger partial charge in [0.1, 0.15) is 5.75 Å². The van der Waals surface area contributed by atoms with Crippen LogP contribution in [-0.4, -0.2) is 56.2 Å². The summed E-state index contributed by atoms with van der Waals surface area (Å²) in [6.45, 7) is 7.54. The molecule has 1 fully saturated rings. The third-order valence-corrected chi connectivity index (χ3v) is 7.72. The van der Waals surface area contributed by atoms with Crippen LogP contribution in [-0.2, 0) is 17.6 Å². The number of carbonyl (C=O) groups is 1. The lowest BCUT2D eigenvalue weighted by Crippen LogP contribution is -2.51. The second kappa shape index (κ2) is 7.56. The highest BCUT2D eigenvalue weighted by atomic mass is 16.5. The van der Waals surface area contributed by atoms with Crippen LogP contribution in [0, 0.1) is 0 Å². The van der Waals surface area contributed by atoms with Crippen LogP contribution in [0.2, 0.25) is 0 Å². The molecule has 1 saturated heterocycles. The minimum absolute atomic E-state index is 0.243. The van der Waals surface area contributed by atoms with Gasteiger partial charge in [-0.25, -0.2) is 0 Å². The molecule has 0 unspecified atom stereocenters. The van der Waals surface area contributed by atoms with Crippen LogP contribution < -0.4 is 14.5 Å². The summed E-state index contributed by atoms with van der Waals surface area (Å²) in [5.74, 6) is 1.91. The zero-order chi connectivity index (χ0) is 20.9. The van der Waals surface area contributed by atoms with Gasteiger partial charge in [-0.05, 0) is 55.5 Å². The van der Waals surface area contributed by atoms with Crippen molar-refractivity contribution in [1.29, 1.82) is 0 Å². The monoisotopic (exact) mass is 417 g/mol. The molecular formula is C26H31N3O2. The summed E-state index contributed by atoms with van der Waals surface area (Å²) in [6, 6.07) is 13.7. The van der Waals surface area contributed by atoms with Crippen molar-refractivity contribution in [1.82, 2.24) is 4.90 Å². The molecule has 5 heteroatoms. The molecule has 0 spiro atoms. The number of benzene rings is 2. The number of carbonyl (C=O) groups excluding carboxylic acids is 1. The van der Waals surface area contributed by atoms with E-state index in [4.69, 9.17) is 4.74 Å². The van der Waals surface area contributed by atoms with Crippen molar-refractivity contribution in [3.63, 3.8) is 0 Å². The van der Waals surface area contributed by atoms with Gasteiger partial charge in [-0.3, -0.25) is 4.79 Å². The maximum Gasteiger partial charge on any atom is 0.246 e. The van der Waals surface area contributed by atoms with Gasteiger partial charge in [-0.15, -0.1) is 0 Å². The van der Waals surface area contributed by atoms with Crippen molar-refractivity contribution in [2.75, 3.05) is 49.1 Å². The number of fused-ring (bicyclic) bond motifs is 4. The van der Waals surface area contributed by atoms with Crippen molar-refractivity contribution >= 4 is 17.3 Å². The highest BCUT2D eigenvalue weighted by Gasteiger charge is 2.46. The molecule has 0 bridgehead atoms. The molecule has 0 saturated carbocycles. The van der Waals surface area contributed by atoms with Gasteiger partial charge in [-0.2, -0.15) is 0 Å². The fourth-order valence-corrected chi connectivity index (χ4v) is 6.32. The Morgan fingerprint density at radius 1 is 1.16 bits per heavy atom. The van der Waals surface area contributed by atoms with Crippen molar-refractivity contribution in [2.24, 2.45) is 0 Å². The lowest BCUT2D eigenvalue weighted by Gasteiger charge is -2.41. The number of ether oxygens (including phenoxy) is 1. The van der Waals surface area contributed by atoms with Crippen LogP contribution in [0.15, 0.2) is 36.4 Å². The molecule has 2 atom stereocenters. The molecule has 2 aromatic rings. The topological polar surface area (TPSA) is 36.0 Å². The molecule has 6 rings (SSSR count). The predicted octanol–water partition coefficient (Wildman–Crippen LogP) is 3.60. The summed E-state index contributed by atoms with van der Waals surface area (Å²) in [4.78, 5) is 19.8. The second-order valence-corrected chi connectivity index (χ2v) is 9.35. The molecule has 2 aromatic carbocycles. The number of hydrogen-bond acceptors (Lipinski definition) is 4. The summed E-state index contributed by atoms with van der Waals surface area (Å²) in [5.41, 5.74) is 6.65.